The number of hydrogen-bond acceptors (Lipinski definition) is 2. The standard InChI is InChI=1S/C14H17FN2O3/c1-14(2)6-8(14)7-16-13(20)17-10-5-3-4-9(15)11(10)12(18)19/h3-5,8H,6-7H2,1-2H3,(H,18,19)(H2,16,17,20). The van der Waals surface area contributed by atoms with E-state index in [0.29, 0.717) is 12.5 Å². The number of rotatable bonds is 4. The monoisotopic (exact) mass is 280 g/mol. The third-order valence-corrected chi connectivity index (χ3v) is 3.70. The van der Waals surface area contributed by atoms with Crippen LogP contribution in [0.2, 0.25) is 0 Å². The van der Waals surface area contributed by atoms with Gasteiger partial charge in [0.25, 0.3) is 0 Å². The lowest BCUT2D eigenvalue weighted by atomic mass is 10.1. The molecule has 1 aromatic carbocycles. The van der Waals surface area contributed by atoms with Gasteiger partial charge in [0.2, 0.25) is 0 Å². The van der Waals surface area contributed by atoms with E-state index in [4.69, 9.17) is 5.11 Å². The van der Waals surface area contributed by atoms with Gasteiger partial charge in [-0.05, 0) is 29.9 Å². The molecule has 0 heterocycles. The molecule has 1 aromatic rings. The van der Waals surface area contributed by atoms with Crippen molar-refractivity contribution in [2.75, 3.05) is 11.9 Å². The van der Waals surface area contributed by atoms with E-state index in [0.717, 1.165) is 12.5 Å². The van der Waals surface area contributed by atoms with Crippen LogP contribution < -0.4 is 10.6 Å². The Balaban J connectivity index is 1.98. The van der Waals surface area contributed by atoms with Crippen LogP contribution in [0.3, 0.4) is 0 Å². The van der Waals surface area contributed by atoms with E-state index in [1.165, 1.54) is 12.1 Å². The van der Waals surface area contributed by atoms with Gasteiger partial charge in [-0.25, -0.2) is 14.0 Å². The summed E-state index contributed by atoms with van der Waals surface area (Å²) in [6.07, 6.45) is 1.05. The molecule has 1 aliphatic rings. The van der Waals surface area contributed by atoms with Gasteiger partial charge in [-0.1, -0.05) is 19.9 Å². The second-order valence-corrected chi connectivity index (χ2v) is 5.69. The smallest absolute Gasteiger partial charge is 0.340 e. The Hall–Kier alpha value is -2.11. The van der Waals surface area contributed by atoms with E-state index in [-0.39, 0.29) is 11.1 Å². The minimum atomic E-state index is -1.42. The van der Waals surface area contributed by atoms with Crippen LogP contribution in [-0.2, 0) is 0 Å². The second kappa shape index (κ2) is 5.11. The summed E-state index contributed by atoms with van der Waals surface area (Å²) in [5.41, 5.74) is -0.335. The van der Waals surface area contributed by atoms with Crippen LogP contribution in [0.5, 0.6) is 0 Å². The number of anilines is 1. The second-order valence-electron chi connectivity index (χ2n) is 5.69. The maximum absolute atomic E-state index is 13.4. The Morgan fingerprint density at radius 1 is 1.45 bits per heavy atom. The third kappa shape index (κ3) is 3.07. The average molecular weight is 280 g/mol. The van der Waals surface area contributed by atoms with Gasteiger partial charge in [0.05, 0.1) is 5.69 Å². The van der Waals surface area contributed by atoms with Crippen molar-refractivity contribution >= 4 is 17.7 Å². The van der Waals surface area contributed by atoms with Crippen molar-refractivity contribution in [3.63, 3.8) is 0 Å². The highest BCUT2D eigenvalue weighted by Gasteiger charge is 2.45. The molecule has 0 aliphatic heterocycles. The minimum absolute atomic E-state index is 0.0509. The zero-order chi connectivity index (χ0) is 14.9. The third-order valence-electron chi connectivity index (χ3n) is 3.70. The fourth-order valence-electron chi connectivity index (χ4n) is 2.15. The zero-order valence-corrected chi connectivity index (χ0v) is 11.4. The van der Waals surface area contributed by atoms with Crippen molar-refractivity contribution in [3.8, 4) is 0 Å². The highest BCUT2D eigenvalue weighted by Crippen LogP contribution is 2.50. The lowest BCUT2D eigenvalue weighted by molar-refractivity contribution is 0.0693. The molecule has 2 amide bonds. The number of carbonyl (C=O) groups is 2. The van der Waals surface area contributed by atoms with Crippen LogP contribution in [0.15, 0.2) is 18.2 Å². The van der Waals surface area contributed by atoms with Gasteiger partial charge < -0.3 is 15.7 Å². The van der Waals surface area contributed by atoms with Crippen molar-refractivity contribution in [2.24, 2.45) is 11.3 Å². The zero-order valence-electron chi connectivity index (χ0n) is 11.4. The first-order chi connectivity index (χ1) is 9.31. The van der Waals surface area contributed by atoms with Gasteiger partial charge >= 0.3 is 12.0 Å². The van der Waals surface area contributed by atoms with Crippen LogP contribution in [0.4, 0.5) is 14.9 Å². The molecule has 0 aromatic heterocycles. The molecule has 1 aliphatic carbocycles. The van der Waals surface area contributed by atoms with Crippen molar-refractivity contribution in [1.29, 1.82) is 0 Å². The summed E-state index contributed by atoms with van der Waals surface area (Å²) < 4.78 is 13.4. The SMILES string of the molecule is CC1(C)CC1CNC(=O)Nc1cccc(F)c1C(=O)O. The number of aromatic carboxylic acids is 1. The molecule has 0 saturated heterocycles. The number of urea groups is 1. The molecule has 1 saturated carbocycles. The molecule has 2 rings (SSSR count). The average Bonchev–Trinajstić information content (AvgIpc) is 2.94. The molecule has 20 heavy (non-hydrogen) atoms. The summed E-state index contributed by atoms with van der Waals surface area (Å²) in [4.78, 5) is 22.7. The van der Waals surface area contributed by atoms with E-state index >= 15 is 0 Å². The van der Waals surface area contributed by atoms with Gasteiger partial charge in [-0.2, -0.15) is 0 Å². The predicted octanol–water partition coefficient (Wildman–Crippen LogP) is 2.69. The minimum Gasteiger partial charge on any atom is -0.478 e. The van der Waals surface area contributed by atoms with Crippen molar-refractivity contribution in [3.05, 3.63) is 29.6 Å². The Morgan fingerprint density at radius 2 is 2.10 bits per heavy atom. The topological polar surface area (TPSA) is 78.4 Å². The lowest BCUT2D eigenvalue weighted by Crippen LogP contribution is -2.31. The molecular weight excluding hydrogens is 263 g/mol. The summed E-state index contributed by atoms with van der Waals surface area (Å²) in [7, 11) is 0. The predicted molar refractivity (Wildman–Crippen MR) is 72.3 cm³/mol. The number of carboxylic acid groups (broad SMARTS) is 1. The molecule has 108 valence electrons. The summed E-state index contributed by atoms with van der Waals surface area (Å²) >= 11 is 0. The Kier molecular flexibility index (Phi) is 3.65. The number of hydrogen-bond donors (Lipinski definition) is 3. The van der Waals surface area contributed by atoms with E-state index in [9.17, 15) is 14.0 Å². The van der Waals surface area contributed by atoms with Gasteiger partial charge in [0.15, 0.2) is 0 Å². The number of carbonyl (C=O) groups excluding carboxylic acids is 1. The molecule has 1 fully saturated rings. The van der Waals surface area contributed by atoms with Crippen LogP contribution in [0.25, 0.3) is 0 Å². The van der Waals surface area contributed by atoms with Crippen molar-refractivity contribution in [1.82, 2.24) is 5.32 Å². The molecule has 0 spiro atoms. The van der Waals surface area contributed by atoms with Crippen molar-refractivity contribution < 1.29 is 19.1 Å². The lowest BCUT2D eigenvalue weighted by Gasteiger charge is -2.11. The molecule has 1 unspecified atom stereocenters. The molecule has 5 nitrogen and oxygen atoms in total. The van der Waals surface area contributed by atoms with Gasteiger partial charge in [0.1, 0.15) is 11.4 Å². The van der Waals surface area contributed by atoms with Gasteiger partial charge in [-0.15, -0.1) is 0 Å². The first-order valence-corrected chi connectivity index (χ1v) is 6.38. The molecular formula is C14H17FN2O3. The normalized spacial score (nSPS) is 19.2. The van der Waals surface area contributed by atoms with Crippen LogP contribution in [-0.4, -0.2) is 23.7 Å². The highest BCUT2D eigenvalue weighted by molar-refractivity contribution is 6.00. The molecule has 3 N–H and O–H groups in total. The van der Waals surface area contributed by atoms with E-state index in [2.05, 4.69) is 24.5 Å². The number of amides is 2. The quantitative estimate of drug-likeness (QED) is 0.793. The van der Waals surface area contributed by atoms with Crippen molar-refractivity contribution in [2.45, 2.75) is 20.3 Å². The Morgan fingerprint density at radius 3 is 2.65 bits per heavy atom. The van der Waals surface area contributed by atoms with E-state index in [1.807, 2.05) is 0 Å². The summed E-state index contributed by atoms with van der Waals surface area (Å²) in [5, 5.41) is 14.0. The maximum Gasteiger partial charge on any atom is 0.340 e. The van der Waals surface area contributed by atoms with E-state index in [1.54, 1.807) is 0 Å². The van der Waals surface area contributed by atoms with Crippen LogP contribution >= 0.6 is 0 Å². The largest absolute Gasteiger partial charge is 0.478 e. The number of nitrogens with one attached hydrogen (secondary N) is 2. The van der Waals surface area contributed by atoms with Gasteiger partial charge in [-0.3, -0.25) is 0 Å². The highest BCUT2D eigenvalue weighted by atomic mass is 19.1. The maximum atomic E-state index is 13.4. The summed E-state index contributed by atoms with van der Waals surface area (Å²) in [5.74, 6) is -1.86. The molecule has 0 radical (unpaired) electrons. The van der Waals surface area contributed by atoms with Gasteiger partial charge in [0, 0.05) is 6.54 Å². The van der Waals surface area contributed by atoms with Crippen LogP contribution in [0, 0.1) is 17.2 Å². The number of halogens is 1. The first kappa shape index (κ1) is 14.3. The first-order valence-electron chi connectivity index (χ1n) is 6.38. The molecule has 1 atom stereocenters. The fraction of sp³-hybridized carbons (Fsp3) is 0.429. The number of carboxylic acids is 1. The Labute approximate surface area is 116 Å². The molecule has 6 heteroatoms. The molecule has 0 bridgehead atoms. The van der Waals surface area contributed by atoms with Crippen LogP contribution in [0.1, 0.15) is 30.6 Å². The Bertz CT molecular complexity index is 557. The number of benzene rings is 1. The van der Waals surface area contributed by atoms with E-state index < -0.39 is 23.4 Å². The fourth-order valence-corrected chi connectivity index (χ4v) is 2.15. The summed E-state index contributed by atoms with van der Waals surface area (Å²) in [6, 6.07) is 3.22. The summed E-state index contributed by atoms with van der Waals surface area (Å²) in [6.45, 7) is 4.76.